The molecule has 0 saturated carbocycles. The summed E-state index contributed by atoms with van der Waals surface area (Å²) in [6, 6.07) is 2.60. The van der Waals surface area contributed by atoms with Crippen LogP contribution in [0.4, 0.5) is 10.8 Å². The summed E-state index contributed by atoms with van der Waals surface area (Å²) < 4.78 is 11.8. The zero-order chi connectivity index (χ0) is 22.1. The lowest BCUT2D eigenvalue weighted by atomic mass is 10.2. The zero-order valence-corrected chi connectivity index (χ0v) is 17.7. The quantitative estimate of drug-likeness (QED) is 0.565. The van der Waals surface area contributed by atoms with Gasteiger partial charge >= 0.3 is 5.63 Å². The van der Waals surface area contributed by atoms with Crippen LogP contribution in [0.5, 0.6) is 5.75 Å². The Balaban J connectivity index is 1.56. The van der Waals surface area contributed by atoms with E-state index in [0.717, 1.165) is 17.0 Å². The van der Waals surface area contributed by atoms with Gasteiger partial charge in [-0.25, -0.2) is 9.48 Å². The summed E-state index contributed by atoms with van der Waals surface area (Å²) in [5.41, 5.74) is 0.210. The molecule has 3 aromatic heterocycles. The summed E-state index contributed by atoms with van der Waals surface area (Å²) in [5.74, 6) is -1.19. The Hall–Kier alpha value is -3.74. The van der Waals surface area contributed by atoms with Crippen molar-refractivity contribution in [2.45, 2.75) is 19.4 Å². The second-order valence-electron chi connectivity index (χ2n) is 6.82. The third kappa shape index (κ3) is 3.99. The van der Waals surface area contributed by atoms with Gasteiger partial charge in [-0.05, 0) is 19.4 Å². The Morgan fingerprint density at radius 2 is 2.16 bits per heavy atom. The second-order valence-corrected chi connectivity index (χ2v) is 7.77. The molecular weight excluding hydrogens is 426 g/mol. The first kappa shape index (κ1) is 20.5. The van der Waals surface area contributed by atoms with Crippen molar-refractivity contribution in [3.8, 4) is 10.9 Å². The number of likely N-dealkylation sites (N-methyl/N-ethyl adjacent to an activating group) is 1. The summed E-state index contributed by atoms with van der Waals surface area (Å²) in [6.07, 6.45) is 2.18. The number of likely N-dealkylation sites (tertiary alicyclic amines) is 1. The highest BCUT2D eigenvalue weighted by atomic mass is 32.1. The molecule has 12 nitrogen and oxygen atoms in total. The molecule has 1 saturated heterocycles. The lowest BCUT2D eigenvalue weighted by molar-refractivity contribution is -0.127. The molecule has 1 aliphatic heterocycles. The van der Waals surface area contributed by atoms with E-state index in [1.165, 1.54) is 13.2 Å². The number of ether oxygens (including phenoxy) is 1. The SMILES string of the molecule is COc1c(N[C@H]2CCN(C)C2=O)cc(C(=O)Nc2nnc(-n3nccc3C)s2)oc1=O. The van der Waals surface area contributed by atoms with Gasteiger partial charge in [0.2, 0.25) is 21.9 Å². The lowest BCUT2D eigenvalue weighted by Crippen LogP contribution is -2.31. The number of aryl methyl sites for hydroxylation is 1. The number of nitrogens with one attached hydrogen (secondary N) is 2. The number of hydrogen-bond donors (Lipinski definition) is 2. The van der Waals surface area contributed by atoms with Gasteiger partial charge in [-0.3, -0.25) is 14.9 Å². The van der Waals surface area contributed by atoms with Crippen molar-refractivity contribution in [2.75, 3.05) is 31.3 Å². The van der Waals surface area contributed by atoms with Gasteiger partial charge in [0.1, 0.15) is 6.04 Å². The predicted octanol–water partition coefficient (Wildman–Crippen LogP) is 0.889. The Morgan fingerprint density at radius 3 is 2.81 bits per heavy atom. The van der Waals surface area contributed by atoms with E-state index in [9.17, 15) is 14.4 Å². The normalized spacial score (nSPS) is 15.9. The number of rotatable bonds is 6. The monoisotopic (exact) mass is 445 g/mol. The van der Waals surface area contributed by atoms with Crippen LogP contribution in [-0.4, -0.2) is 63.4 Å². The van der Waals surface area contributed by atoms with Gasteiger partial charge in [-0.2, -0.15) is 5.10 Å². The first-order valence-corrected chi connectivity index (χ1v) is 10.1. The van der Waals surface area contributed by atoms with E-state index < -0.39 is 17.6 Å². The van der Waals surface area contributed by atoms with Crippen molar-refractivity contribution in [1.29, 1.82) is 0 Å². The molecule has 0 unspecified atom stereocenters. The van der Waals surface area contributed by atoms with Gasteiger partial charge in [-0.15, -0.1) is 10.2 Å². The van der Waals surface area contributed by atoms with Gasteiger partial charge in [0.05, 0.1) is 12.8 Å². The standard InChI is InChI=1S/C18H19N7O5S/c1-9-4-6-19-25(9)18-23-22-17(31-18)21-14(26)12-8-11(13(29-3)16(28)30-12)20-10-5-7-24(2)15(10)27/h4,6,8,10,20H,5,7H2,1-3H3,(H,21,22,26)/t10-/m0/s1. The van der Waals surface area contributed by atoms with E-state index in [2.05, 4.69) is 25.9 Å². The first-order valence-electron chi connectivity index (χ1n) is 9.27. The molecule has 1 aliphatic rings. The topological polar surface area (TPSA) is 144 Å². The zero-order valence-electron chi connectivity index (χ0n) is 16.9. The highest BCUT2D eigenvalue weighted by Crippen LogP contribution is 2.26. The minimum atomic E-state index is -0.846. The van der Waals surface area contributed by atoms with Crippen LogP contribution in [0.1, 0.15) is 22.7 Å². The predicted molar refractivity (Wildman–Crippen MR) is 111 cm³/mol. The van der Waals surface area contributed by atoms with E-state index in [4.69, 9.17) is 9.15 Å². The van der Waals surface area contributed by atoms with Crippen LogP contribution in [0, 0.1) is 6.92 Å². The third-order valence-corrected chi connectivity index (χ3v) is 5.56. The van der Waals surface area contributed by atoms with Crippen molar-refractivity contribution in [3.05, 3.63) is 40.2 Å². The van der Waals surface area contributed by atoms with Gasteiger partial charge in [-0.1, -0.05) is 11.3 Å². The first-order chi connectivity index (χ1) is 14.9. The summed E-state index contributed by atoms with van der Waals surface area (Å²) in [5, 5.41) is 18.3. The summed E-state index contributed by atoms with van der Waals surface area (Å²) in [4.78, 5) is 38.8. The molecule has 0 aromatic carbocycles. The Morgan fingerprint density at radius 1 is 1.35 bits per heavy atom. The van der Waals surface area contributed by atoms with Crippen LogP contribution in [0.15, 0.2) is 27.5 Å². The van der Waals surface area contributed by atoms with Gasteiger partial charge < -0.3 is 19.4 Å². The summed E-state index contributed by atoms with van der Waals surface area (Å²) in [7, 11) is 3.00. The number of carbonyl (C=O) groups is 2. The fraction of sp³-hybridized carbons (Fsp3) is 0.333. The van der Waals surface area contributed by atoms with E-state index in [-0.39, 0.29) is 28.2 Å². The van der Waals surface area contributed by atoms with Crippen LogP contribution in [-0.2, 0) is 4.79 Å². The maximum absolute atomic E-state index is 12.7. The maximum Gasteiger partial charge on any atom is 0.381 e. The molecule has 4 rings (SSSR count). The molecule has 0 bridgehead atoms. The molecule has 162 valence electrons. The lowest BCUT2D eigenvalue weighted by Gasteiger charge is -2.15. The minimum Gasteiger partial charge on any atom is -0.488 e. The summed E-state index contributed by atoms with van der Waals surface area (Å²) in [6.45, 7) is 2.45. The highest BCUT2D eigenvalue weighted by Gasteiger charge is 2.30. The largest absolute Gasteiger partial charge is 0.488 e. The molecular formula is C18H19N7O5S. The summed E-state index contributed by atoms with van der Waals surface area (Å²) >= 11 is 1.11. The number of amides is 2. The Labute approximate surface area is 179 Å². The molecule has 0 spiro atoms. The van der Waals surface area contributed by atoms with E-state index in [1.807, 2.05) is 13.0 Å². The molecule has 2 amide bonds. The van der Waals surface area contributed by atoms with Crippen molar-refractivity contribution in [2.24, 2.45) is 0 Å². The molecule has 0 radical (unpaired) electrons. The number of hydrogen-bond acceptors (Lipinski definition) is 10. The van der Waals surface area contributed by atoms with Crippen molar-refractivity contribution in [1.82, 2.24) is 24.9 Å². The molecule has 3 aromatic rings. The number of anilines is 2. The molecule has 1 fully saturated rings. The number of methoxy groups -OCH3 is 1. The number of aromatic nitrogens is 4. The Bertz CT molecular complexity index is 1200. The molecule has 31 heavy (non-hydrogen) atoms. The van der Waals surface area contributed by atoms with Crippen molar-refractivity contribution in [3.63, 3.8) is 0 Å². The molecule has 13 heteroatoms. The van der Waals surface area contributed by atoms with E-state index in [1.54, 1.807) is 22.8 Å². The van der Waals surface area contributed by atoms with Crippen LogP contribution < -0.4 is 21.0 Å². The van der Waals surface area contributed by atoms with Crippen molar-refractivity contribution >= 4 is 34.0 Å². The Kier molecular flexibility index (Phi) is 5.42. The highest BCUT2D eigenvalue weighted by molar-refractivity contribution is 7.17. The molecule has 2 N–H and O–H groups in total. The van der Waals surface area contributed by atoms with E-state index >= 15 is 0 Å². The van der Waals surface area contributed by atoms with Crippen LogP contribution in [0.2, 0.25) is 0 Å². The minimum absolute atomic E-state index is 0.114. The smallest absolute Gasteiger partial charge is 0.381 e. The third-order valence-electron chi connectivity index (χ3n) is 4.74. The number of carbonyl (C=O) groups excluding carboxylic acids is 2. The van der Waals surface area contributed by atoms with Crippen LogP contribution in [0.25, 0.3) is 5.13 Å². The number of nitrogens with zero attached hydrogens (tertiary/aromatic N) is 5. The average molecular weight is 445 g/mol. The van der Waals surface area contributed by atoms with Crippen molar-refractivity contribution < 1.29 is 18.7 Å². The van der Waals surface area contributed by atoms with Gasteiger partial charge in [0.15, 0.2) is 5.76 Å². The van der Waals surface area contributed by atoms with E-state index in [0.29, 0.717) is 18.1 Å². The van der Waals surface area contributed by atoms with Crippen LogP contribution in [0.3, 0.4) is 0 Å². The molecule has 1 atom stereocenters. The second kappa shape index (κ2) is 8.18. The van der Waals surface area contributed by atoms with Gasteiger partial charge in [0, 0.05) is 31.5 Å². The fourth-order valence-corrected chi connectivity index (χ4v) is 3.88. The maximum atomic E-state index is 12.7. The molecule has 0 aliphatic carbocycles. The molecule has 4 heterocycles. The fourth-order valence-electron chi connectivity index (χ4n) is 3.12. The average Bonchev–Trinajstić information content (AvgIpc) is 3.45. The van der Waals surface area contributed by atoms with Crippen LogP contribution >= 0.6 is 11.3 Å². The van der Waals surface area contributed by atoms with Gasteiger partial charge in [0.25, 0.3) is 5.91 Å².